The molecule has 0 radical (unpaired) electrons. The predicted octanol–water partition coefficient (Wildman–Crippen LogP) is 2.78. The Balaban J connectivity index is 3.94. The zero-order valence-electron chi connectivity index (χ0n) is 6.39. The Labute approximate surface area is 67.1 Å². The summed E-state index contributed by atoms with van der Waals surface area (Å²) in [5.41, 5.74) is 1.03. The minimum atomic E-state index is 0.542. The highest BCUT2D eigenvalue weighted by Gasteiger charge is 1.82. The first kappa shape index (κ1) is 9.44. The largest absolute Gasteiger partial charge is 0.293 e. The summed E-state index contributed by atoms with van der Waals surface area (Å²) in [5.74, 6) is 0. The van der Waals surface area contributed by atoms with Crippen LogP contribution in [0.4, 0.5) is 0 Å². The first-order chi connectivity index (χ1) is 4.66. The molecule has 0 saturated carbocycles. The fourth-order valence-electron chi connectivity index (χ4n) is 0.520. The lowest BCUT2D eigenvalue weighted by molar-refractivity contribution is 1.14. The van der Waals surface area contributed by atoms with E-state index in [1.807, 2.05) is 13.8 Å². The summed E-state index contributed by atoms with van der Waals surface area (Å²) in [6.45, 7) is 8.26. The van der Waals surface area contributed by atoms with Gasteiger partial charge in [0, 0.05) is 17.8 Å². The molecule has 0 spiro atoms. The molecule has 56 valence electrons. The van der Waals surface area contributed by atoms with Crippen LogP contribution in [0.15, 0.2) is 28.3 Å². The molecule has 0 fully saturated rings. The van der Waals surface area contributed by atoms with E-state index in [9.17, 15) is 0 Å². The van der Waals surface area contributed by atoms with Crippen molar-refractivity contribution in [2.24, 2.45) is 4.99 Å². The number of hydrogen-bond acceptors (Lipinski definition) is 1. The van der Waals surface area contributed by atoms with Gasteiger partial charge in [0.05, 0.1) is 0 Å². The molecule has 0 aliphatic heterocycles. The fourth-order valence-corrected chi connectivity index (χ4v) is 0.692. The van der Waals surface area contributed by atoms with Crippen molar-refractivity contribution in [3.05, 3.63) is 23.3 Å². The van der Waals surface area contributed by atoms with E-state index in [2.05, 4.69) is 11.6 Å². The van der Waals surface area contributed by atoms with Gasteiger partial charge in [-0.05, 0) is 25.5 Å². The number of hydrogen-bond donors (Lipinski definition) is 0. The second-order valence-corrected chi connectivity index (χ2v) is 2.45. The first-order valence-corrected chi connectivity index (χ1v) is 3.57. The molecule has 0 heterocycles. The SMILES string of the molecule is C=C(Cl)/C=C(C)\C=N/CC. The summed E-state index contributed by atoms with van der Waals surface area (Å²) in [4.78, 5) is 4.03. The van der Waals surface area contributed by atoms with Crippen LogP contribution < -0.4 is 0 Å². The predicted molar refractivity (Wildman–Crippen MR) is 47.8 cm³/mol. The summed E-state index contributed by atoms with van der Waals surface area (Å²) < 4.78 is 0. The quantitative estimate of drug-likeness (QED) is 0.441. The van der Waals surface area contributed by atoms with Crippen molar-refractivity contribution in [1.82, 2.24) is 0 Å². The normalized spacial score (nSPS) is 12.5. The zero-order chi connectivity index (χ0) is 7.98. The van der Waals surface area contributed by atoms with Crippen molar-refractivity contribution in [3.8, 4) is 0 Å². The van der Waals surface area contributed by atoms with Crippen LogP contribution in [0.1, 0.15) is 13.8 Å². The molecule has 0 saturated heterocycles. The molecule has 0 aromatic rings. The van der Waals surface area contributed by atoms with Crippen molar-refractivity contribution < 1.29 is 0 Å². The van der Waals surface area contributed by atoms with Crippen LogP contribution in [0.5, 0.6) is 0 Å². The van der Waals surface area contributed by atoms with E-state index in [0.29, 0.717) is 5.03 Å². The zero-order valence-corrected chi connectivity index (χ0v) is 7.15. The Morgan fingerprint density at radius 3 is 2.70 bits per heavy atom. The smallest absolute Gasteiger partial charge is 0.0361 e. The Hall–Kier alpha value is -0.560. The second kappa shape index (κ2) is 5.24. The minimum absolute atomic E-state index is 0.542. The van der Waals surface area contributed by atoms with Crippen LogP contribution in [-0.4, -0.2) is 12.8 Å². The van der Waals surface area contributed by atoms with Gasteiger partial charge >= 0.3 is 0 Å². The Morgan fingerprint density at radius 2 is 2.30 bits per heavy atom. The molecule has 0 unspecified atom stereocenters. The maximum Gasteiger partial charge on any atom is 0.0361 e. The standard InChI is InChI=1S/C8H12ClN/c1-4-10-6-7(2)5-8(3)9/h5-6H,3-4H2,1-2H3/b7-5-,10-6-. The topological polar surface area (TPSA) is 12.4 Å². The minimum Gasteiger partial charge on any atom is -0.293 e. The molecule has 10 heavy (non-hydrogen) atoms. The average Bonchev–Trinajstić information content (AvgIpc) is 1.82. The van der Waals surface area contributed by atoms with Crippen molar-refractivity contribution in [1.29, 1.82) is 0 Å². The molecule has 0 aromatic carbocycles. The van der Waals surface area contributed by atoms with Gasteiger partial charge in [-0.1, -0.05) is 18.2 Å². The lowest BCUT2D eigenvalue weighted by Crippen LogP contribution is -1.78. The van der Waals surface area contributed by atoms with Gasteiger partial charge in [-0.3, -0.25) is 4.99 Å². The lowest BCUT2D eigenvalue weighted by atomic mass is 10.3. The van der Waals surface area contributed by atoms with E-state index >= 15 is 0 Å². The van der Waals surface area contributed by atoms with E-state index < -0.39 is 0 Å². The van der Waals surface area contributed by atoms with E-state index in [0.717, 1.165) is 12.1 Å². The van der Waals surface area contributed by atoms with E-state index in [4.69, 9.17) is 11.6 Å². The maximum atomic E-state index is 5.52. The maximum absolute atomic E-state index is 5.52. The summed E-state index contributed by atoms with van der Waals surface area (Å²) in [6.07, 6.45) is 3.56. The molecular weight excluding hydrogens is 146 g/mol. The molecule has 0 bridgehead atoms. The molecule has 0 N–H and O–H groups in total. The van der Waals surface area contributed by atoms with Crippen LogP contribution in [0.2, 0.25) is 0 Å². The summed E-state index contributed by atoms with van der Waals surface area (Å²) in [7, 11) is 0. The number of nitrogens with zero attached hydrogens (tertiary/aromatic N) is 1. The van der Waals surface area contributed by atoms with Crippen LogP contribution in [0, 0.1) is 0 Å². The fraction of sp³-hybridized carbons (Fsp3) is 0.375. The monoisotopic (exact) mass is 157 g/mol. The van der Waals surface area contributed by atoms with Gasteiger partial charge in [0.25, 0.3) is 0 Å². The molecule has 0 aliphatic carbocycles. The molecular formula is C8H12ClN. The molecule has 0 atom stereocenters. The number of aliphatic imine (C=N–C) groups is 1. The summed E-state index contributed by atoms with van der Waals surface area (Å²) in [6, 6.07) is 0. The van der Waals surface area contributed by atoms with Gasteiger partial charge in [-0.2, -0.15) is 0 Å². The molecule has 0 aromatic heterocycles. The van der Waals surface area contributed by atoms with Gasteiger partial charge < -0.3 is 0 Å². The van der Waals surface area contributed by atoms with Gasteiger partial charge in [0.15, 0.2) is 0 Å². The third-order valence-electron chi connectivity index (χ3n) is 0.862. The van der Waals surface area contributed by atoms with Gasteiger partial charge in [-0.15, -0.1) is 0 Å². The summed E-state index contributed by atoms with van der Waals surface area (Å²) in [5, 5.41) is 0.542. The number of allylic oxidation sites excluding steroid dienone is 3. The van der Waals surface area contributed by atoms with Crippen LogP contribution in [-0.2, 0) is 0 Å². The highest BCUT2D eigenvalue weighted by atomic mass is 35.5. The number of halogens is 1. The third kappa shape index (κ3) is 5.57. The average molecular weight is 158 g/mol. The van der Waals surface area contributed by atoms with Crippen LogP contribution in [0.25, 0.3) is 0 Å². The lowest BCUT2D eigenvalue weighted by Gasteiger charge is -1.88. The Kier molecular flexibility index (Phi) is 4.95. The van der Waals surface area contributed by atoms with E-state index in [1.165, 1.54) is 0 Å². The highest BCUT2D eigenvalue weighted by Crippen LogP contribution is 2.01. The molecule has 0 rings (SSSR count). The summed E-state index contributed by atoms with van der Waals surface area (Å²) >= 11 is 5.52. The molecule has 0 amide bonds. The second-order valence-electron chi connectivity index (χ2n) is 1.96. The molecule has 2 heteroatoms. The van der Waals surface area contributed by atoms with E-state index in [-0.39, 0.29) is 0 Å². The Bertz CT molecular complexity index is 168. The van der Waals surface area contributed by atoms with Gasteiger partial charge in [0.2, 0.25) is 0 Å². The third-order valence-corrected chi connectivity index (χ3v) is 0.971. The van der Waals surface area contributed by atoms with E-state index in [1.54, 1.807) is 12.3 Å². The van der Waals surface area contributed by atoms with Crippen LogP contribution >= 0.6 is 11.6 Å². The van der Waals surface area contributed by atoms with Crippen molar-refractivity contribution in [3.63, 3.8) is 0 Å². The highest BCUT2D eigenvalue weighted by molar-refractivity contribution is 6.31. The molecule has 1 nitrogen and oxygen atoms in total. The van der Waals surface area contributed by atoms with Crippen molar-refractivity contribution >= 4 is 17.8 Å². The van der Waals surface area contributed by atoms with Gasteiger partial charge in [-0.25, -0.2) is 0 Å². The van der Waals surface area contributed by atoms with Crippen LogP contribution in [0.3, 0.4) is 0 Å². The first-order valence-electron chi connectivity index (χ1n) is 3.19. The number of rotatable bonds is 3. The van der Waals surface area contributed by atoms with Crippen molar-refractivity contribution in [2.75, 3.05) is 6.54 Å². The van der Waals surface area contributed by atoms with Crippen molar-refractivity contribution in [2.45, 2.75) is 13.8 Å². The van der Waals surface area contributed by atoms with Gasteiger partial charge in [0.1, 0.15) is 0 Å². The molecule has 0 aliphatic rings. The Morgan fingerprint density at radius 1 is 1.70 bits per heavy atom.